The lowest BCUT2D eigenvalue weighted by molar-refractivity contribution is -0.140. The number of anilines is 1. The van der Waals surface area contributed by atoms with Crippen LogP contribution in [0.15, 0.2) is 30.7 Å². The molecule has 4 aromatic rings. The van der Waals surface area contributed by atoms with Gasteiger partial charge in [-0.1, -0.05) is 6.07 Å². The molecule has 1 aromatic carbocycles. The number of nitrogens with one attached hydrogen (secondary N) is 1. The van der Waals surface area contributed by atoms with Crippen LogP contribution in [0, 0.1) is 5.82 Å². The van der Waals surface area contributed by atoms with E-state index in [1.54, 1.807) is 12.1 Å². The summed E-state index contributed by atoms with van der Waals surface area (Å²) in [5, 5.41) is 6.60. The van der Waals surface area contributed by atoms with E-state index in [4.69, 9.17) is 8.85 Å². The number of alkyl halides is 4. The number of benzene rings is 1. The zero-order chi connectivity index (χ0) is 29.0. The van der Waals surface area contributed by atoms with Gasteiger partial charge in [0, 0.05) is 17.5 Å². The number of aromatic nitrogens is 5. The van der Waals surface area contributed by atoms with Gasteiger partial charge in [0.05, 0.1) is 55.4 Å². The van der Waals surface area contributed by atoms with Crippen molar-refractivity contribution in [2.45, 2.75) is 38.2 Å². The minimum Gasteiger partial charge on any atom is -0.479 e. The number of imidazole rings is 1. The van der Waals surface area contributed by atoms with Gasteiger partial charge in [0.1, 0.15) is 5.52 Å². The Labute approximate surface area is 211 Å². The molecule has 9 nitrogen and oxygen atoms in total. The van der Waals surface area contributed by atoms with E-state index in [0.29, 0.717) is 21.5 Å². The largest absolute Gasteiger partial charge is 0.479 e. The van der Waals surface area contributed by atoms with E-state index in [9.17, 15) is 22.4 Å². The summed E-state index contributed by atoms with van der Waals surface area (Å²) >= 11 is 0. The highest BCUT2D eigenvalue weighted by Crippen LogP contribution is 2.36. The van der Waals surface area contributed by atoms with Crippen molar-refractivity contribution in [1.82, 2.24) is 29.0 Å². The maximum Gasteiger partial charge on any atom is 0.285 e. The SMILES string of the molecule is [2H]C([2H])([2H])C(=O)N1CC[C@@H](Nc2nc(OC)c3c(-c4ccc5ncn(CC(F)F)c5c4)c(F)cn3n2)C(F)(F)C1. The van der Waals surface area contributed by atoms with Gasteiger partial charge in [-0.15, -0.1) is 5.10 Å². The van der Waals surface area contributed by atoms with Crippen molar-refractivity contribution in [1.29, 1.82) is 0 Å². The number of carbonyl (C=O) groups is 1. The van der Waals surface area contributed by atoms with Gasteiger partial charge in [-0.3, -0.25) is 4.79 Å². The average Bonchev–Trinajstić information content (AvgIpc) is 3.42. The summed E-state index contributed by atoms with van der Waals surface area (Å²) in [4.78, 5) is 20.8. The molecule has 0 saturated carbocycles. The number of ether oxygens (including phenoxy) is 1. The molecule has 0 aliphatic carbocycles. The number of rotatable bonds is 6. The number of likely N-dealkylation sites (tertiary alicyclic amines) is 1. The Hall–Kier alpha value is -3.97. The summed E-state index contributed by atoms with van der Waals surface area (Å²) in [6, 6.07) is 3.02. The Kier molecular flexibility index (Phi) is 5.23. The zero-order valence-electron chi connectivity index (χ0n) is 22.3. The van der Waals surface area contributed by atoms with Crippen LogP contribution < -0.4 is 10.1 Å². The van der Waals surface area contributed by atoms with Gasteiger partial charge in [-0.2, -0.15) is 4.98 Å². The molecule has 0 radical (unpaired) electrons. The molecule has 14 heteroatoms. The van der Waals surface area contributed by atoms with Crippen LogP contribution in [0.25, 0.3) is 27.7 Å². The highest BCUT2D eigenvalue weighted by atomic mass is 19.3. The Morgan fingerprint density at radius 2 is 2.19 bits per heavy atom. The number of hydrogen-bond donors (Lipinski definition) is 1. The lowest BCUT2D eigenvalue weighted by atomic mass is 10.0. The average molecular weight is 526 g/mol. The van der Waals surface area contributed by atoms with E-state index in [2.05, 4.69) is 20.4 Å². The molecule has 1 saturated heterocycles. The van der Waals surface area contributed by atoms with Crippen LogP contribution in [0.2, 0.25) is 0 Å². The Morgan fingerprint density at radius 3 is 2.89 bits per heavy atom. The van der Waals surface area contributed by atoms with Crippen molar-refractivity contribution in [3.8, 4) is 17.0 Å². The molecule has 0 bridgehead atoms. The minimum atomic E-state index is -3.53. The molecule has 1 fully saturated rings. The molecule has 1 amide bonds. The monoisotopic (exact) mass is 526 g/mol. The van der Waals surface area contributed by atoms with E-state index in [1.807, 2.05) is 0 Å². The van der Waals surface area contributed by atoms with Gasteiger partial charge in [0.15, 0.2) is 5.82 Å². The van der Waals surface area contributed by atoms with Gasteiger partial charge in [0.2, 0.25) is 17.7 Å². The predicted molar refractivity (Wildman–Crippen MR) is 123 cm³/mol. The molecule has 0 spiro atoms. The molecular weight excluding hydrogens is 501 g/mol. The van der Waals surface area contributed by atoms with Gasteiger partial charge in [-0.05, 0) is 24.1 Å². The normalized spacial score (nSPS) is 19.2. The standard InChI is InChI=1S/C23H22F5N7O2/c1-12(36)33-6-5-17(23(27,28)10-33)30-22-31-21(37-2)20-19(14(24)8-35(20)32-22)13-3-4-15-16(7-13)34(11-29-15)9-18(25)26/h3-4,7-8,11,17-18H,5-6,9-10H2,1-2H3,(H,30,32)/t17-/m1/s1/i1D3. The second kappa shape index (κ2) is 9.16. The molecule has 5 rings (SSSR count). The molecule has 0 unspecified atom stereocenters. The van der Waals surface area contributed by atoms with Crippen molar-refractivity contribution >= 4 is 28.4 Å². The summed E-state index contributed by atoms with van der Waals surface area (Å²) in [6.45, 7) is -5.00. The summed E-state index contributed by atoms with van der Waals surface area (Å²) in [7, 11) is 1.25. The molecule has 4 heterocycles. The van der Waals surface area contributed by atoms with E-state index < -0.39 is 50.1 Å². The third-order valence-corrected chi connectivity index (χ3v) is 6.18. The molecule has 1 atom stereocenters. The second-order valence-corrected chi connectivity index (χ2v) is 8.55. The van der Waals surface area contributed by atoms with Gasteiger partial charge in [-0.25, -0.2) is 31.5 Å². The molecule has 37 heavy (non-hydrogen) atoms. The van der Waals surface area contributed by atoms with Crippen LogP contribution in [0.4, 0.5) is 27.9 Å². The number of fused-ring (bicyclic) bond motifs is 2. The van der Waals surface area contributed by atoms with Crippen LogP contribution >= 0.6 is 0 Å². The summed E-state index contributed by atoms with van der Waals surface area (Å²) < 4.78 is 100. The molecular formula is C23H22F5N7O2. The molecule has 196 valence electrons. The zero-order valence-corrected chi connectivity index (χ0v) is 19.3. The van der Waals surface area contributed by atoms with Crippen LogP contribution in [0.1, 0.15) is 17.4 Å². The van der Waals surface area contributed by atoms with Crippen molar-refractivity contribution in [3.05, 3.63) is 36.5 Å². The smallest absolute Gasteiger partial charge is 0.285 e. The molecule has 3 aromatic heterocycles. The van der Waals surface area contributed by atoms with Gasteiger partial charge in [0.25, 0.3) is 12.3 Å². The maximum atomic E-state index is 15.3. The highest BCUT2D eigenvalue weighted by Gasteiger charge is 2.46. The first-order chi connectivity index (χ1) is 18.8. The van der Waals surface area contributed by atoms with E-state index in [-0.39, 0.29) is 35.9 Å². The Morgan fingerprint density at radius 1 is 1.38 bits per heavy atom. The highest BCUT2D eigenvalue weighted by molar-refractivity contribution is 5.90. The minimum absolute atomic E-state index is 0.00286. The number of carbonyl (C=O) groups excluding carboxylic acids is 1. The van der Waals surface area contributed by atoms with Gasteiger partial charge < -0.3 is 19.5 Å². The Balaban J connectivity index is 1.47. The van der Waals surface area contributed by atoms with E-state index >= 15 is 4.39 Å². The van der Waals surface area contributed by atoms with Crippen molar-refractivity contribution in [3.63, 3.8) is 0 Å². The second-order valence-electron chi connectivity index (χ2n) is 8.55. The summed E-state index contributed by atoms with van der Waals surface area (Å²) in [6.07, 6.45) is -0.684. The van der Waals surface area contributed by atoms with Crippen LogP contribution in [-0.2, 0) is 11.3 Å². The van der Waals surface area contributed by atoms with Crippen LogP contribution in [0.3, 0.4) is 0 Å². The topological polar surface area (TPSA) is 89.6 Å². The van der Waals surface area contributed by atoms with Crippen molar-refractivity contribution in [2.75, 3.05) is 25.5 Å². The van der Waals surface area contributed by atoms with Crippen LogP contribution in [0.5, 0.6) is 5.88 Å². The third-order valence-electron chi connectivity index (χ3n) is 6.18. The number of hydrogen-bond acceptors (Lipinski definition) is 6. The fraction of sp³-hybridized carbons (Fsp3) is 0.391. The summed E-state index contributed by atoms with van der Waals surface area (Å²) in [5.74, 6) is -6.14. The number of piperidine rings is 1. The molecule has 1 N–H and O–H groups in total. The lowest BCUT2D eigenvalue weighted by Crippen LogP contribution is -2.55. The first-order valence-electron chi connectivity index (χ1n) is 12.6. The molecule has 1 aliphatic heterocycles. The predicted octanol–water partition coefficient (Wildman–Crippen LogP) is 3.83. The fourth-order valence-electron chi connectivity index (χ4n) is 4.45. The van der Waals surface area contributed by atoms with E-state index in [1.165, 1.54) is 24.1 Å². The van der Waals surface area contributed by atoms with Gasteiger partial charge >= 0.3 is 0 Å². The Bertz CT molecular complexity index is 1590. The van der Waals surface area contributed by atoms with Crippen LogP contribution in [-0.4, -0.2) is 73.5 Å². The molecule has 1 aliphatic rings. The quantitative estimate of drug-likeness (QED) is 0.385. The van der Waals surface area contributed by atoms with Crippen molar-refractivity contribution in [2.24, 2.45) is 0 Å². The fourth-order valence-corrected chi connectivity index (χ4v) is 4.45. The lowest BCUT2D eigenvalue weighted by Gasteiger charge is -2.38. The number of nitrogens with zero attached hydrogens (tertiary/aromatic N) is 6. The number of halogens is 5. The number of methoxy groups -OCH3 is 1. The first kappa shape index (κ1) is 21.1. The van der Waals surface area contributed by atoms with Crippen molar-refractivity contribution < 1.29 is 35.6 Å². The van der Waals surface area contributed by atoms with E-state index in [0.717, 1.165) is 10.7 Å². The summed E-state index contributed by atoms with van der Waals surface area (Å²) in [5.41, 5.74) is 1.13. The third kappa shape index (κ3) is 4.51. The number of amides is 1. The first-order valence-corrected chi connectivity index (χ1v) is 11.1. The maximum absolute atomic E-state index is 15.3.